The quantitative estimate of drug-likeness (QED) is 0.172. The number of fused-ring (bicyclic) bond motifs is 1. The second-order valence-corrected chi connectivity index (χ2v) is 5.32. The normalized spacial score (nSPS) is 30.7. The van der Waals surface area contributed by atoms with Crippen molar-refractivity contribution < 1.29 is 29.4 Å². The van der Waals surface area contributed by atoms with Gasteiger partial charge in [-0.15, -0.1) is 0 Å². The Morgan fingerprint density at radius 2 is 2.23 bits per heavy atom. The van der Waals surface area contributed by atoms with Crippen LogP contribution in [0.1, 0.15) is 0 Å². The average Bonchev–Trinajstić information content (AvgIpc) is 3.19. The van der Waals surface area contributed by atoms with Gasteiger partial charge in [-0.3, -0.25) is 14.2 Å². The largest absolute Gasteiger partial charge is 0.410 e. The number of carbonyl (C=O) groups is 2. The Balaban J connectivity index is 2.33. The molecule has 26 heavy (non-hydrogen) atoms. The lowest BCUT2D eigenvalue weighted by atomic mass is 9.87. The fourth-order valence-electron chi connectivity index (χ4n) is 2.91. The van der Waals surface area contributed by atoms with Crippen molar-refractivity contribution >= 4 is 29.6 Å². The molecule has 0 amide bonds. The van der Waals surface area contributed by atoms with Gasteiger partial charge >= 0.3 is 0 Å². The first kappa shape index (κ1) is 17.5. The molecule has 0 spiro atoms. The summed E-state index contributed by atoms with van der Waals surface area (Å²) >= 11 is 0. The lowest BCUT2D eigenvalue weighted by Crippen LogP contribution is -2.60. The van der Waals surface area contributed by atoms with Crippen LogP contribution in [0.15, 0.2) is 17.9 Å². The molecule has 0 bridgehead atoms. The molecule has 1 aliphatic rings. The molecule has 1 saturated heterocycles. The van der Waals surface area contributed by atoms with Crippen LogP contribution in [0.4, 0.5) is 5.82 Å². The molecule has 1 aliphatic heterocycles. The molecule has 136 valence electrons. The minimum Gasteiger partial charge on any atom is -0.410 e. The Bertz CT molecular complexity index is 912. The Morgan fingerprint density at radius 1 is 1.46 bits per heavy atom. The van der Waals surface area contributed by atoms with Crippen molar-refractivity contribution in [1.82, 2.24) is 19.5 Å². The smallest absolute Gasteiger partial charge is 0.255 e. The third kappa shape index (κ3) is 2.04. The minimum atomic E-state index is -2.53. The van der Waals surface area contributed by atoms with E-state index >= 15 is 0 Å². The highest BCUT2D eigenvalue weighted by molar-refractivity contribution is 5.85. The third-order valence-electron chi connectivity index (χ3n) is 4.15. The summed E-state index contributed by atoms with van der Waals surface area (Å²) in [6.07, 6.45) is -0.943. The van der Waals surface area contributed by atoms with Crippen molar-refractivity contribution in [1.29, 1.82) is 0 Å². The van der Waals surface area contributed by atoms with E-state index in [0.717, 1.165) is 17.2 Å². The zero-order valence-electron chi connectivity index (χ0n) is 12.9. The summed E-state index contributed by atoms with van der Waals surface area (Å²) in [5, 5.41) is 22.7. The molecule has 3 heterocycles. The summed E-state index contributed by atoms with van der Waals surface area (Å²) in [6, 6.07) is 0. The van der Waals surface area contributed by atoms with E-state index in [1.54, 1.807) is 0 Å². The molecule has 2 aromatic rings. The van der Waals surface area contributed by atoms with Crippen LogP contribution in [-0.4, -0.2) is 66.7 Å². The number of hydrogen-bond acceptors (Lipinski definition) is 11. The predicted octanol–water partition coefficient (Wildman–Crippen LogP) is -1.81. The molecule has 14 nitrogen and oxygen atoms in total. The van der Waals surface area contributed by atoms with Crippen molar-refractivity contribution in [3.05, 3.63) is 23.1 Å². The van der Waals surface area contributed by atoms with Crippen molar-refractivity contribution in [3.8, 4) is 0 Å². The Hall–Kier alpha value is -3.32. The maximum Gasteiger partial charge on any atom is 0.255 e. The standard InChI is InChI=1S/C12H12N8O6/c13-9-7-10(16-4-15-9)20(5-17-7)12(3-23)11(2-22,26-19-18-14)8(24)6(1-21)25-12/h2-6,8,21,24H,1H2,(H2,13,15,16)/t6-,8-,11-,12-/m1/s1. The highest BCUT2D eigenvalue weighted by Crippen LogP contribution is 2.45. The van der Waals surface area contributed by atoms with Crippen LogP contribution in [0.3, 0.4) is 0 Å². The van der Waals surface area contributed by atoms with Crippen molar-refractivity contribution in [3.63, 3.8) is 0 Å². The van der Waals surface area contributed by atoms with Gasteiger partial charge in [-0.05, 0) is 5.53 Å². The van der Waals surface area contributed by atoms with Crippen LogP contribution in [0.25, 0.3) is 21.6 Å². The molecular weight excluding hydrogens is 352 g/mol. The number of nitrogens with two attached hydrogens (primary N) is 1. The molecule has 0 radical (unpaired) electrons. The van der Waals surface area contributed by atoms with Crippen LogP contribution in [0.5, 0.6) is 0 Å². The highest BCUT2D eigenvalue weighted by atomic mass is 16.7. The molecule has 1 fully saturated rings. The van der Waals surface area contributed by atoms with Gasteiger partial charge in [0.15, 0.2) is 24.0 Å². The van der Waals surface area contributed by atoms with E-state index in [2.05, 4.69) is 25.1 Å². The van der Waals surface area contributed by atoms with Crippen molar-refractivity contribution in [2.45, 2.75) is 23.5 Å². The van der Waals surface area contributed by atoms with Crippen molar-refractivity contribution in [2.24, 2.45) is 5.28 Å². The molecule has 0 aliphatic carbocycles. The SMILES string of the molecule is [N-]=[N+]=NO[C@]1(C=O)[C@H](O)[C@@H](CO)O[C@@]1(C=O)n1cnc2c(N)ncnc21. The first-order chi connectivity index (χ1) is 12.5. The number of aliphatic hydroxyl groups excluding tert-OH is 2. The van der Waals surface area contributed by atoms with Crippen LogP contribution in [-0.2, 0) is 24.9 Å². The monoisotopic (exact) mass is 364 g/mol. The van der Waals surface area contributed by atoms with E-state index < -0.39 is 30.1 Å². The van der Waals surface area contributed by atoms with Gasteiger partial charge in [0.05, 0.1) is 6.61 Å². The molecule has 0 unspecified atom stereocenters. The fourth-order valence-corrected chi connectivity index (χ4v) is 2.91. The maximum atomic E-state index is 12.1. The lowest BCUT2D eigenvalue weighted by Gasteiger charge is -2.36. The molecule has 4 atom stereocenters. The zero-order chi connectivity index (χ0) is 18.9. The van der Waals surface area contributed by atoms with E-state index in [0.29, 0.717) is 0 Å². The Kier molecular flexibility index (Phi) is 4.17. The van der Waals surface area contributed by atoms with E-state index in [4.69, 9.17) is 20.8 Å². The number of aromatic nitrogens is 4. The van der Waals surface area contributed by atoms with Crippen LogP contribution in [0, 0.1) is 0 Å². The number of rotatable bonds is 6. The number of ether oxygens (including phenoxy) is 1. The number of anilines is 1. The summed E-state index contributed by atoms with van der Waals surface area (Å²) in [5.41, 5.74) is 9.37. The molecule has 3 rings (SSSR count). The minimum absolute atomic E-state index is 0.0141. The van der Waals surface area contributed by atoms with Gasteiger partial charge < -0.3 is 25.5 Å². The van der Waals surface area contributed by atoms with Crippen LogP contribution < -0.4 is 5.73 Å². The molecule has 4 N–H and O–H groups in total. The number of aldehydes is 2. The van der Waals surface area contributed by atoms with Gasteiger partial charge in [-0.1, -0.05) is 0 Å². The summed E-state index contributed by atoms with van der Waals surface area (Å²) in [4.78, 5) is 42.9. The number of imidazole rings is 1. The van der Waals surface area contributed by atoms with Gasteiger partial charge in [-0.25, -0.2) is 15.0 Å². The number of carbonyl (C=O) groups excluding carboxylic acids is 2. The topological polar surface area (TPSA) is 211 Å². The number of nitrogen functional groups attached to an aromatic ring is 1. The summed E-state index contributed by atoms with van der Waals surface area (Å²) in [7, 11) is 0. The van der Waals surface area contributed by atoms with E-state index in [9.17, 15) is 19.8 Å². The average molecular weight is 364 g/mol. The van der Waals surface area contributed by atoms with Gasteiger partial charge in [0.2, 0.25) is 0 Å². The van der Waals surface area contributed by atoms with E-state index in [-0.39, 0.29) is 29.6 Å². The molecule has 0 saturated carbocycles. The number of aliphatic hydroxyl groups is 2. The predicted molar refractivity (Wildman–Crippen MR) is 80.8 cm³/mol. The van der Waals surface area contributed by atoms with E-state index in [1.165, 1.54) is 0 Å². The summed E-state index contributed by atoms with van der Waals surface area (Å²) in [5.74, 6) is -0.0141. The number of azide groups is 1. The van der Waals surface area contributed by atoms with Gasteiger partial charge in [0.25, 0.3) is 11.3 Å². The van der Waals surface area contributed by atoms with Crippen molar-refractivity contribution in [2.75, 3.05) is 12.3 Å². The number of hydrogen-bond donors (Lipinski definition) is 3. The summed E-state index contributed by atoms with van der Waals surface area (Å²) in [6.45, 7) is -0.768. The molecule has 0 aromatic carbocycles. The zero-order valence-corrected chi connectivity index (χ0v) is 12.9. The maximum absolute atomic E-state index is 12.1. The summed E-state index contributed by atoms with van der Waals surface area (Å²) < 4.78 is 6.45. The Labute approximate surface area is 143 Å². The van der Waals surface area contributed by atoms with Crippen LogP contribution in [0.2, 0.25) is 0 Å². The third-order valence-corrected chi connectivity index (χ3v) is 4.15. The highest BCUT2D eigenvalue weighted by Gasteiger charge is 2.70. The molecular formula is C12H12N8O6. The first-order valence-corrected chi connectivity index (χ1v) is 7.07. The second-order valence-electron chi connectivity index (χ2n) is 5.32. The lowest BCUT2D eigenvalue weighted by molar-refractivity contribution is -0.201. The van der Waals surface area contributed by atoms with Crippen LogP contribution >= 0.6 is 0 Å². The molecule has 2 aromatic heterocycles. The number of nitrogens with zero attached hydrogens (tertiary/aromatic N) is 7. The van der Waals surface area contributed by atoms with E-state index in [1.807, 2.05) is 0 Å². The first-order valence-electron chi connectivity index (χ1n) is 7.07. The molecule has 14 heteroatoms. The Morgan fingerprint density at radius 3 is 2.85 bits per heavy atom. The van der Waals surface area contributed by atoms with Gasteiger partial charge in [0.1, 0.15) is 35.7 Å². The second kappa shape index (κ2) is 6.20. The van der Waals surface area contributed by atoms with Gasteiger partial charge in [-0.2, -0.15) is 0 Å². The fraction of sp³-hybridized carbons (Fsp3) is 0.417. The van der Waals surface area contributed by atoms with Gasteiger partial charge in [0, 0.05) is 4.91 Å².